The van der Waals surface area contributed by atoms with Crippen LogP contribution in [0.15, 0.2) is 34.6 Å². The maximum Gasteiger partial charge on any atom is 0.262 e. The van der Waals surface area contributed by atoms with E-state index in [0.29, 0.717) is 0 Å². The minimum Gasteiger partial charge on any atom is -0.503 e. The van der Waals surface area contributed by atoms with Gasteiger partial charge >= 0.3 is 0 Å². The van der Waals surface area contributed by atoms with Gasteiger partial charge in [0.25, 0.3) is 6.29 Å². The van der Waals surface area contributed by atoms with Crippen molar-refractivity contribution >= 4 is 0 Å². The zero-order valence-corrected chi connectivity index (χ0v) is 39.8. The third-order valence-corrected chi connectivity index (χ3v) is 13.9. The van der Waals surface area contributed by atoms with E-state index in [0.717, 1.165) is 0 Å². The van der Waals surface area contributed by atoms with Crippen molar-refractivity contribution < 1.29 is 174 Å². The van der Waals surface area contributed by atoms with Crippen molar-refractivity contribution in [3.05, 3.63) is 34.6 Å². The van der Waals surface area contributed by atoms with Gasteiger partial charge in [-0.15, -0.1) is 0 Å². The average molecular weight is 1130 g/mol. The molecule has 0 saturated carbocycles. The molecule has 35 nitrogen and oxygen atoms in total. The van der Waals surface area contributed by atoms with Gasteiger partial charge in [0.2, 0.25) is 36.1 Å². The van der Waals surface area contributed by atoms with Gasteiger partial charge in [-0.25, -0.2) is 0 Å². The Morgan fingerprint density at radius 1 is 0.299 bits per heavy atom. The van der Waals surface area contributed by atoms with E-state index in [1.807, 2.05) is 0 Å². The maximum atomic E-state index is 11.3. The number of aliphatic hydroxyl groups is 21. The maximum absolute atomic E-state index is 11.3. The van der Waals surface area contributed by atoms with Gasteiger partial charge in [-0.05, 0) is 0 Å². The molecule has 1 unspecified atom stereocenters. The second-order valence-corrected chi connectivity index (χ2v) is 18.7. The van der Waals surface area contributed by atoms with Crippen LogP contribution in [0.3, 0.4) is 0 Å². The number of ether oxygens (including phenoxy) is 14. The van der Waals surface area contributed by atoms with Crippen molar-refractivity contribution in [1.29, 1.82) is 0 Å². The highest BCUT2D eigenvalue weighted by atomic mass is 16.8. The molecule has 442 valence electrons. The highest BCUT2D eigenvalue weighted by Crippen LogP contribution is 2.40. The van der Waals surface area contributed by atoms with Crippen LogP contribution in [0.4, 0.5) is 0 Å². The van der Waals surface area contributed by atoms with Crippen molar-refractivity contribution in [2.75, 3.05) is 46.2 Å². The van der Waals surface area contributed by atoms with Crippen LogP contribution in [-0.4, -0.2) is 332 Å². The van der Waals surface area contributed by atoms with Crippen molar-refractivity contribution in [3.63, 3.8) is 0 Å². The average Bonchev–Trinajstić information content (AvgIpc) is 3.46. The summed E-state index contributed by atoms with van der Waals surface area (Å²) in [4.78, 5) is 0. The van der Waals surface area contributed by atoms with E-state index >= 15 is 0 Å². The quantitative estimate of drug-likeness (QED) is 0.113. The largest absolute Gasteiger partial charge is 0.503 e. The van der Waals surface area contributed by atoms with Crippen LogP contribution in [0.1, 0.15) is 0 Å². The van der Waals surface area contributed by atoms with Crippen LogP contribution >= 0.6 is 0 Å². The van der Waals surface area contributed by atoms with E-state index in [4.69, 9.17) is 66.3 Å². The second kappa shape index (κ2) is 24.9. The molecule has 0 spiro atoms. The molecule has 35 heteroatoms. The van der Waals surface area contributed by atoms with Gasteiger partial charge < -0.3 is 174 Å². The van der Waals surface area contributed by atoms with E-state index in [1.54, 1.807) is 0 Å². The highest BCUT2D eigenvalue weighted by molar-refractivity contribution is 5.30. The molecule has 15 rings (SSSR count). The fraction of sp³-hybridized carbons (Fsp3) is 0.857. The monoisotopic (exact) mass is 1130 g/mol. The summed E-state index contributed by atoms with van der Waals surface area (Å²) in [6.07, 6.45) is -60.0. The third kappa shape index (κ3) is 11.4. The Balaban J connectivity index is 1.10. The Morgan fingerprint density at radius 2 is 0.610 bits per heavy atom. The predicted molar refractivity (Wildman–Crippen MR) is 228 cm³/mol. The Labute approximate surface area is 432 Å². The molecule has 0 aromatic carbocycles. The zero-order valence-electron chi connectivity index (χ0n) is 39.8. The molecular formula is C42H64O35. The zero-order chi connectivity index (χ0) is 56.1. The van der Waals surface area contributed by atoms with Crippen LogP contribution in [0, 0.1) is 0 Å². The molecule has 0 aromatic rings. The minimum atomic E-state index is -2.29. The second-order valence-electron chi connectivity index (χ2n) is 18.7. The molecule has 15 aliphatic heterocycles. The number of fused-ring (bicyclic) bond motifs is 6. The molecule has 0 radical (unpaired) electrons. The Kier molecular flexibility index (Phi) is 19.4. The first kappa shape index (κ1) is 60.0. The smallest absolute Gasteiger partial charge is 0.262 e. The number of rotatable bonds is 7. The van der Waals surface area contributed by atoms with Crippen LogP contribution in [-0.2, 0) is 66.3 Å². The molecule has 77 heavy (non-hydrogen) atoms. The van der Waals surface area contributed by atoms with E-state index in [1.165, 1.54) is 0 Å². The van der Waals surface area contributed by atoms with Crippen molar-refractivity contribution in [3.8, 4) is 0 Å². The van der Waals surface area contributed by atoms with Gasteiger partial charge in [0, 0.05) is 0 Å². The lowest BCUT2D eigenvalue weighted by molar-refractivity contribution is -0.383. The van der Waals surface area contributed by atoms with Crippen LogP contribution in [0.25, 0.3) is 0 Å². The van der Waals surface area contributed by atoms with Gasteiger partial charge in [0.1, 0.15) is 148 Å². The highest BCUT2D eigenvalue weighted by Gasteiger charge is 2.58. The first-order valence-electron chi connectivity index (χ1n) is 23.9. The standard InChI is InChI=1S/C42H64O35/c43-1-8-29-15(50)22(57)36(64-8)72-30-9(2-44)66-38(24(59)17(30)52)74-32-11(4-46)68-40(26(61)19(32)54)76-34-13(6-48)70-42(28(63)21(34)56)77-35-14(7-49)69-41(27(62)20(35)55)75-33-12(5-47)67-39(25(60)18(33)53)73-31-10(3-45)65-37(71-29)23(58)16(31)51/h8-10,13-18,20-25,27-31,34-63H,1-7H2/t8-,9-,10-,13-,14?,15-,16+,17-,18-,20-,21-,22-,23-,24-,25-,27-,28-,29-,30-,31-,34-,35-,36-,37-,38-,39-,40-,41-,42-/m1/s1. The SMILES string of the molecule is OCC1=C2O[C@H]3O[C@H](CO)[C@@H](O[C@H]4O[C@H](CO)[C@@H](O[C@H]5O[C@H](CO)[C@@H](O[C@H]6OC(CO)=C(O[C@H]7OC(CO)[C@@H](O[C@H]8O[C@H](CO)[C@@H](O[C@@H](O1)C(O)=C2O)[C@H](O)[C@H]8O)[C@H](O)[C@H]7O)[C@H](O)[C@H]6O)[C@@H](O)[C@H]5O)[C@H](O)[C@H]4O)[C@H](O)[C@H]3O. The third-order valence-electron chi connectivity index (χ3n) is 13.9. The summed E-state index contributed by atoms with van der Waals surface area (Å²) < 4.78 is 78.5. The van der Waals surface area contributed by atoms with E-state index < -0.39 is 259 Å². The molecular weight excluding hydrogens is 1060 g/mol. The lowest BCUT2D eigenvalue weighted by Gasteiger charge is -2.48. The van der Waals surface area contributed by atoms with E-state index in [-0.39, 0.29) is 0 Å². The fourth-order valence-electron chi connectivity index (χ4n) is 9.66. The van der Waals surface area contributed by atoms with E-state index in [2.05, 4.69) is 0 Å². The van der Waals surface area contributed by atoms with Crippen molar-refractivity contribution in [2.45, 2.75) is 178 Å². The van der Waals surface area contributed by atoms with Crippen molar-refractivity contribution in [1.82, 2.24) is 0 Å². The molecule has 5 saturated heterocycles. The van der Waals surface area contributed by atoms with Crippen molar-refractivity contribution in [2.24, 2.45) is 0 Å². The van der Waals surface area contributed by atoms with Gasteiger partial charge in [-0.2, -0.15) is 0 Å². The lowest BCUT2D eigenvalue weighted by atomic mass is 9.96. The summed E-state index contributed by atoms with van der Waals surface area (Å²) >= 11 is 0. The molecule has 15 heterocycles. The number of aliphatic hydroxyl groups excluding tert-OH is 21. The van der Waals surface area contributed by atoms with Gasteiger partial charge in [0.15, 0.2) is 36.1 Å². The summed E-state index contributed by atoms with van der Waals surface area (Å²) in [7, 11) is 0. The Morgan fingerprint density at radius 3 is 0.974 bits per heavy atom. The van der Waals surface area contributed by atoms with Gasteiger partial charge in [-0.1, -0.05) is 0 Å². The van der Waals surface area contributed by atoms with Crippen LogP contribution < -0.4 is 0 Å². The topological polar surface area (TPSA) is 554 Å². The van der Waals surface area contributed by atoms with Crippen LogP contribution in [0.2, 0.25) is 0 Å². The molecule has 15 aliphatic rings. The molecule has 0 aliphatic carbocycles. The molecule has 5 fully saturated rings. The van der Waals surface area contributed by atoms with Gasteiger partial charge in [-0.3, -0.25) is 0 Å². The van der Waals surface area contributed by atoms with Gasteiger partial charge in [0.05, 0.1) is 33.0 Å². The normalized spacial score (nSPS) is 49.3. The van der Waals surface area contributed by atoms with E-state index in [9.17, 15) is 107 Å². The first-order valence-corrected chi connectivity index (χ1v) is 23.9. The summed E-state index contributed by atoms with van der Waals surface area (Å²) in [6.45, 7) is -7.73. The number of hydrogen-bond donors (Lipinski definition) is 21. The first-order chi connectivity index (χ1) is 36.7. The summed E-state index contributed by atoms with van der Waals surface area (Å²) in [5.74, 6) is -5.96. The molecule has 21 N–H and O–H groups in total. The molecule has 14 bridgehead atoms. The molecule has 29 atom stereocenters. The Bertz CT molecular complexity index is 2060. The minimum absolute atomic E-state index is 0.743. The summed E-state index contributed by atoms with van der Waals surface area (Å²) in [6, 6.07) is 0. The van der Waals surface area contributed by atoms with Crippen LogP contribution in [0.5, 0.6) is 0 Å². The molecule has 0 amide bonds. The number of hydrogen-bond acceptors (Lipinski definition) is 35. The summed E-state index contributed by atoms with van der Waals surface area (Å²) in [5, 5.41) is 229. The fourth-order valence-corrected chi connectivity index (χ4v) is 9.66. The summed E-state index contributed by atoms with van der Waals surface area (Å²) in [5.41, 5.74) is 0. The predicted octanol–water partition coefficient (Wildman–Crippen LogP) is -12.7. The Hall–Kier alpha value is -3.14. The lowest BCUT2D eigenvalue weighted by Crippen LogP contribution is -2.67. The molecule has 0 aromatic heterocycles.